The van der Waals surface area contributed by atoms with E-state index in [0.29, 0.717) is 29.7 Å². The second-order valence-electron chi connectivity index (χ2n) is 7.27. The number of pyridine rings is 2. The largest absolute Gasteiger partial charge is 0.490 e. The maximum absolute atomic E-state index is 14.5. The van der Waals surface area contributed by atoms with Gasteiger partial charge in [-0.05, 0) is 44.4 Å². The molecule has 0 aliphatic rings. The molecule has 0 spiro atoms. The molecule has 1 atom stereocenters. The molecule has 0 bridgehead atoms. The van der Waals surface area contributed by atoms with E-state index in [9.17, 15) is 9.18 Å². The van der Waals surface area contributed by atoms with E-state index >= 15 is 0 Å². The van der Waals surface area contributed by atoms with Crippen molar-refractivity contribution in [1.29, 1.82) is 0 Å². The lowest BCUT2D eigenvalue weighted by molar-refractivity contribution is 0.205. The third kappa shape index (κ3) is 5.62. The van der Waals surface area contributed by atoms with Gasteiger partial charge in [-0.3, -0.25) is 5.32 Å². The Labute approximate surface area is 157 Å². The predicted octanol–water partition coefficient (Wildman–Crippen LogP) is 3.82. The van der Waals surface area contributed by atoms with Crippen molar-refractivity contribution in [3.8, 4) is 17.0 Å². The number of hydrogen-bond donors (Lipinski definition) is 3. The number of aryl methyl sites for hydroxylation is 1. The van der Waals surface area contributed by atoms with Crippen molar-refractivity contribution in [3.63, 3.8) is 0 Å². The second-order valence-corrected chi connectivity index (χ2v) is 7.27. The monoisotopic (exact) mass is 376 g/mol. The zero-order valence-electron chi connectivity index (χ0n) is 15.9. The molecule has 0 fully saturated rings. The molecule has 8 heteroatoms. The van der Waals surface area contributed by atoms with Crippen LogP contribution in [0, 0.1) is 18.7 Å². The van der Waals surface area contributed by atoms with Gasteiger partial charge in [-0.2, -0.15) is 0 Å². The van der Waals surface area contributed by atoms with Crippen LogP contribution in [0.15, 0.2) is 24.4 Å². The number of nitrogens with two attached hydrogens (primary N) is 1. The SMILES string of the molecule is Cc1nc(-c2ccnc(NC(=O)O)c2F)ccc1OCC(C)(N)CC(C)C. The number of anilines is 1. The average Bonchev–Trinajstić information content (AvgIpc) is 2.54. The Morgan fingerprint density at radius 3 is 2.70 bits per heavy atom. The Morgan fingerprint density at radius 1 is 1.41 bits per heavy atom. The number of nitrogens with zero attached hydrogens (tertiary/aromatic N) is 2. The van der Waals surface area contributed by atoms with Gasteiger partial charge in [-0.25, -0.2) is 19.2 Å². The number of halogens is 1. The van der Waals surface area contributed by atoms with Gasteiger partial charge in [0, 0.05) is 17.3 Å². The standard InChI is InChI=1S/C19H25FN4O3/c1-11(2)9-19(4,21)10-27-15-6-5-14(23-12(15)3)13-7-8-22-17(16(13)20)24-18(25)26/h5-8,11H,9-10,21H2,1-4H3,(H,22,24)(H,25,26). The number of carbonyl (C=O) groups is 1. The Bertz CT molecular complexity index is 825. The molecule has 27 heavy (non-hydrogen) atoms. The Morgan fingerprint density at radius 2 is 2.11 bits per heavy atom. The summed E-state index contributed by atoms with van der Waals surface area (Å²) in [6.45, 7) is 8.23. The molecule has 1 amide bonds. The number of amides is 1. The van der Waals surface area contributed by atoms with Crippen molar-refractivity contribution in [3.05, 3.63) is 35.9 Å². The second kappa shape index (κ2) is 8.30. The zero-order valence-corrected chi connectivity index (χ0v) is 15.9. The van der Waals surface area contributed by atoms with Crippen LogP contribution in [0.4, 0.5) is 15.0 Å². The maximum Gasteiger partial charge on any atom is 0.410 e. The van der Waals surface area contributed by atoms with Gasteiger partial charge in [0.15, 0.2) is 11.6 Å². The first-order valence-corrected chi connectivity index (χ1v) is 8.63. The van der Waals surface area contributed by atoms with Crippen molar-refractivity contribution in [2.75, 3.05) is 11.9 Å². The van der Waals surface area contributed by atoms with E-state index in [1.165, 1.54) is 12.3 Å². The molecule has 2 heterocycles. The summed E-state index contributed by atoms with van der Waals surface area (Å²) in [7, 11) is 0. The van der Waals surface area contributed by atoms with Crippen LogP contribution in [0.2, 0.25) is 0 Å². The van der Waals surface area contributed by atoms with E-state index in [-0.39, 0.29) is 11.4 Å². The Hall–Kier alpha value is -2.74. The minimum atomic E-state index is -1.39. The first-order chi connectivity index (χ1) is 12.6. The molecule has 0 saturated carbocycles. The average molecular weight is 376 g/mol. The Kier molecular flexibility index (Phi) is 6.32. The highest BCUT2D eigenvalue weighted by Crippen LogP contribution is 2.28. The van der Waals surface area contributed by atoms with E-state index in [4.69, 9.17) is 15.6 Å². The summed E-state index contributed by atoms with van der Waals surface area (Å²) in [5.41, 5.74) is 6.87. The van der Waals surface area contributed by atoms with Crippen molar-refractivity contribution < 1.29 is 19.0 Å². The molecular weight excluding hydrogens is 351 g/mol. The smallest absolute Gasteiger partial charge is 0.410 e. The molecule has 2 aromatic rings. The molecule has 0 saturated heterocycles. The molecule has 146 valence electrons. The van der Waals surface area contributed by atoms with Crippen LogP contribution >= 0.6 is 0 Å². The number of nitrogens with one attached hydrogen (secondary N) is 1. The van der Waals surface area contributed by atoms with Crippen LogP contribution < -0.4 is 15.8 Å². The molecule has 1 unspecified atom stereocenters. The first kappa shape index (κ1) is 20.6. The summed E-state index contributed by atoms with van der Waals surface area (Å²) < 4.78 is 20.3. The lowest BCUT2D eigenvalue weighted by Crippen LogP contribution is -2.43. The quantitative estimate of drug-likeness (QED) is 0.677. The summed E-state index contributed by atoms with van der Waals surface area (Å²) in [5, 5.41) is 10.7. The van der Waals surface area contributed by atoms with Crippen molar-refractivity contribution in [2.45, 2.75) is 39.7 Å². The van der Waals surface area contributed by atoms with Gasteiger partial charge >= 0.3 is 6.09 Å². The van der Waals surface area contributed by atoms with Crippen LogP contribution in [0.25, 0.3) is 11.3 Å². The van der Waals surface area contributed by atoms with Gasteiger partial charge in [0.2, 0.25) is 0 Å². The van der Waals surface area contributed by atoms with Crippen molar-refractivity contribution >= 4 is 11.9 Å². The third-order valence-corrected chi connectivity index (χ3v) is 3.86. The fourth-order valence-electron chi connectivity index (χ4n) is 2.91. The Balaban J connectivity index is 2.21. The van der Waals surface area contributed by atoms with Crippen LogP contribution in [0.5, 0.6) is 5.75 Å². The molecular formula is C19H25FN4O3. The highest BCUT2D eigenvalue weighted by molar-refractivity contribution is 5.83. The first-order valence-electron chi connectivity index (χ1n) is 8.63. The van der Waals surface area contributed by atoms with Crippen LogP contribution in [0.1, 0.15) is 32.9 Å². The van der Waals surface area contributed by atoms with E-state index in [1.807, 2.05) is 12.2 Å². The summed E-state index contributed by atoms with van der Waals surface area (Å²) in [6, 6.07) is 4.75. The number of hydrogen-bond acceptors (Lipinski definition) is 5. The fraction of sp³-hybridized carbons (Fsp3) is 0.421. The van der Waals surface area contributed by atoms with Gasteiger partial charge in [-0.1, -0.05) is 13.8 Å². The topological polar surface area (TPSA) is 110 Å². The van der Waals surface area contributed by atoms with E-state index in [2.05, 4.69) is 23.8 Å². The number of ether oxygens (including phenoxy) is 1. The van der Waals surface area contributed by atoms with Crippen LogP contribution in [-0.2, 0) is 0 Å². The normalized spacial score (nSPS) is 13.3. The molecule has 0 aromatic carbocycles. The minimum absolute atomic E-state index is 0.145. The van der Waals surface area contributed by atoms with Gasteiger partial charge in [0.25, 0.3) is 0 Å². The molecule has 0 aliphatic heterocycles. The van der Waals surface area contributed by atoms with E-state index in [0.717, 1.165) is 6.42 Å². The molecule has 7 nitrogen and oxygen atoms in total. The zero-order chi connectivity index (χ0) is 20.2. The van der Waals surface area contributed by atoms with Gasteiger partial charge in [0.1, 0.15) is 12.4 Å². The molecule has 2 aromatic heterocycles. The summed E-state index contributed by atoms with van der Waals surface area (Å²) in [5.74, 6) is -0.134. The van der Waals surface area contributed by atoms with Crippen molar-refractivity contribution in [2.24, 2.45) is 11.7 Å². The van der Waals surface area contributed by atoms with Gasteiger partial charge in [-0.15, -0.1) is 0 Å². The fourth-order valence-corrected chi connectivity index (χ4v) is 2.91. The van der Waals surface area contributed by atoms with E-state index < -0.39 is 17.4 Å². The number of rotatable bonds is 7. The summed E-state index contributed by atoms with van der Waals surface area (Å²) >= 11 is 0. The lowest BCUT2D eigenvalue weighted by atomic mass is 9.93. The lowest BCUT2D eigenvalue weighted by Gasteiger charge is -2.27. The molecule has 4 N–H and O–H groups in total. The summed E-state index contributed by atoms with van der Waals surface area (Å²) in [6.07, 6.45) is 0.744. The number of aromatic nitrogens is 2. The van der Waals surface area contributed by atoms with Gasteiger partial charge < -0.3 is 15.6 Å². The van der Waals surface area contributed by atoms with Crippen LogP contribution in [0.3, 0.4) is 0 Å². The highest BCUT2D eigenvalue weighted by Gasteiger charge is 2.22. The number of carboxylic acid groups (broad SMARTS) is 1. The van der Waals surface area contributed by atoms with Crippen LogP contribution in [-0.4, -0.2) is 33.3 Å². The van der Waals surface area contributed by atoms with Crippen molar-refractivity contribution in [1.82, 2.24) is 9.97 Å². The highest BCUT2D eigenvalue weighted by atomic mass is 19.1. The third-order valence-electron chi connectivity index (χ3n) is 3.86. The molecule has 0 aliphatic carbocycles. The predicted molar refractivity (Wildman–Crippen MR) is 101 cm³/mol. The minimum Gasteiger partial charge on any atom is -0.490 e. The van der Waals surface area contributed by atoms with E-state index in [1.54, 1.807) is 19.1 Å². The molecule has 0 radical (unpaired) electrons. The molecule has 2 rings (SSSR count). The van der Waals surface area contributed by atoms with Gasteiger partial charge in [0.05, 0.1) is 11.4 Å². The maximum atomic E-state index is 14.5. The summed E-state index contributed by atoms with van der Waals surface area (Å²) in [4.78, 5) is 18.8.